The molecule has 1 aliphatic rings. The number of ether oxygens (including phenoxy) is 4. The minimum Gasteiger partial charge on any atom is -0.496 e. The molecule has 0 amide bonds. The van der Waals surface area contributed by atoms with Crippen LogP contribution in [0.15, 0.2) is 91.2 Å². The molecule has 2 aromatic heterocycles. The molecule has 0 unspecified atom stereocenters. The summed E-state index contributed by atoms with van der Waals surface area (Å²) >= 11 is 0. The highest BCUT2D eigenvalue weighted by Crippen LogP contribution is 2.68. The second kappa shape index (κ2) is 11.8. The molecule has 0 spiro atoms. The van der Waals surface area contributed by atoms with Crippen molar-refractivity contribution < 1.29 is 37.4 Å². The third kappa shape index (κ3) is 5.56. The predicted octanol–water partition coefficient (Wildman–Crippen LogP) is 4.91. The number of hydrogen-bond donors (Lipinski definition) is 0. The fourth-order valence-corrected chi connectivity index (χ4v) is 5.75. The number of esters is 2. The van der Waals surface area contributed by atoms with Gasteiger partial charge in [0.05, 0.1) is 26.4 Å². The Morgan fingerprint density at radius 2 is 0.976 bits per heavy atom. The van der Waals surface area contributed by atoms with Crippen LogP contribution in [0.3, 0.4) is 0 Å². The van der Waals surface area contributed by atoms with Crippen LogP contribution in [0.5, 0.6) is 23.0 Å². The van der Waals surface area contributed by atoms with Gasteiger partial charge in [0.25, 0.3) is 0 Å². The van der Waals surface area contributed by atoms with E-state index >= 15 is 0 Å². The maximum atomic E-state index is 12.6. The molecule has 1 saturated carbocycles. The minimum absolute atomic E-state index is 0.283. The molecule has 2 heterocycles. The highest BCUT2D eigenvalue weighted by Gasteiger charge is 2.57. The van der Waals surface area contributed by atoms with E-state index in [1.165, 1.54) is 40.2 Å². The molecule has 42 heavy (non-hydrogen) atoms. The summed E-state index contributed by atoms with van der Waals surface area (Å²) in [7, 11) is 2.88. The van der Waals surface area contributed by atoms with Gasteiger partial charge < -0.3 is 27.8 Å². The number of carbonyl (C=O) groups excluding carboxylic acids is 2. The molecule has 2 aromatic carbocycles. The monoisotopic (exact) mass is 572 g/mol. The first-order valence-corrected chi connectivity index (χ1v) is 13.1. The first-order valence-electron chi connectivity index (χ1n) is 13.1. The van der Waals surface area contributed by atoms with Gasteiger partial charge in [0.2, 0.25) is 0 Å². The number of para-hydroxylation sites is 2. The van der Waals surface area contributed by atoms with Gasteiger partial charge in [-0.2, -0.15) is 0 Å². The van der Waals surface area contributed by atoms with Crippen LogP contribution < -0.4 is 30.2 Å². The number of methoxy groups -OCH3 is 2. The molecule has 0 aliphatic heterocycles. The van der Waals surface area contributed by atoms with Gasteiger partial charge in [0, 0.05) is 49.7 Å². The van der Waals surface area contributed by atoms with Gasteiger partial charge in [-0.25, -0.2) is 9.59 Å². The summed E-state index contributed by atoms with van der Waals surface area (Å²) in [5.74, 6) is -1.60. The number of hydrogen-bond acceptors (Lipinski definition) is 10. The standard InChI is InChI=1S/C32H28O10/c1-17(33)39-23-11-7-5-9-21(23)29-31(25-13-19(37-3)15-27(35)41-25)30(22-10-6-8-12-24(22)40-18(2)34)32(29)26-14-20(38-4)16-28(36)42-26/h5-16,29-32H,1-4H3. The van der Waals surface area contributed by atoms with E-state index in [0.717, 1.165) is 0 Å². The van der Waals surface area contributed by atoms with Crippen LogP contribution in [0.4, 0.5) is 0 Å². The summed E-state index contributed by atoms with van der Waals surface area (Å²) in [5, 5.41) is 0. The summed E-state index contributed by atoms with van der Waals surface area (Å²) < 4.78 is 33.4. The summed E-state index contributed by atoms with van der Waals surface area (Å²) in [6, 6.07) is 19.7. The first-order chi connectivity index (χ1) is 20.2. The highest BCUT2D eigenvalue weighted by molar-refractivity contribution is 5.71. The number of benzene rings is 2. The highest BCUT2D eigenvalue weighted by atomic mass is 16.5. The molecule has 1 aliphatic carbocycles. The number of carbonyl (C=O) groups is 2. The summed E-state index contributed by atoms with van der Waals surface area (Å²) in [6.45, 7) is 2.60. The summed E-state index contributed by atoms with van der Waals surface area (Å²) in [4.78, 5) is 49.4. The van der Waals surface area contributed by atoms with Crippen LogP contribution in [0.1, 0.15) is 60.2 Å². The zero-order chi connectivity index (χ0) is 30.0. The third-order valence-corrected chi connectivity index (χ3v) is 7.27. The molecule has 4 aromatic rings. The molecular formula is C32H28O10. The molecule has 0 N–H and O–H groups in total. The van der Waals surface area contributed by atoms with Crippen LogP contribution in [0, 0.1) is 0 Å². The van der Waals surface area contributed by atoms with Crippen molar-refractivity contribution in [1.29, 1.82) is 0 Å². The zero-order valence-electron chi connectivity index (χ0n) is 23.3. The van der Waals surface area contributed by atoms with Crippen molar-refractivity contribution in [3.05, 3.63) is 116 Å². The molecule has 10 heteroatoms. The van der Waals surface area contributed by atoms with Crippen LogP contribution in [-0.2, 0) is 9.59 Å². The molecule has 0 radical (unpaired) electrons. The largest absolute Gasteiger partial charge is 0.496 e. The maximum absolute atomic E-state index is 12.6. The summed E-state index contributed by atoms with van der Waals surface area (Å²) in [5.41, 5.74) is -0.0285. The van der Waals surface area contributed by atoms with Crippen molar-refractivity contribution in [2.45, 2.75) is 37.5 Å². The van der Waals surface area contributed by atoms with Crippen LogP contribution >= 0.6 is 0 Å². The Kier molecular flexibility index (Phi) is 7.97. The van der Waals surface area contributed by atoms with Gasteiger partial charge in [-0.15, -0.1) is 0 Å². The van der Waals surface area contributed by atoms with Crippen molar-refractivity contribution >= 4 is 11.9 Å². The van der Waals surface area contributed by atoms with Gasteiger partial charge >= 0.3 is 23.2 Å². The second-order valence-electron chi connectivity index (χ2n) is 9.80. The maximum Gasteiger partial charge on any atom is 0.339 e. The van der Waals surface area contributed by atoms with E-state index in [1.54, 1.807) is 60.7 Å². The Bertz CT molecular complexity index is 1610. The Morgan fingerprint density at radius 3 is 1.33 bits per heavy atom. The quantitative estimate of drug-likeness (QED) is 0.212. The van der Waals surface area contributed by atoms with E-state index in [0.29, 0.717) is 22.6 Å². The molecular weight excluding hydrogens is 544 g/mol. The molecule has 0 bridgehead atoms. The third-order valence-electron chi connectivity index (χ3n) is 7.27. The molecule has 0 saturated heterocycles. The van der Waals surface area contributed by atoms with E-state index in [9.17, 15) is 19.2 Å². The van der Waals surface area contributed by atoms with Gasteiger partial charge in [0.15, 0.2) is 0 Å². The lowest BCUT2D eigenvalue weighted by Gasteiger charge is -2.51. The predicted molar refractivity (Wildman–Crippen MR) is 150 cm³/mol. The smallest absolute Gasteiger partial charge is 0.339 e. The normalized spacial score (nSPS) is 19.3. The molecule has 1 fully saturated rings. The van der Waals surface area contributed by atoms with Crippen molar-refractivity contribution in [3.8, 4) is 23.0 Å². The van der Waals surface area contributed by atoms with Gasteiger partial charge in [0.1, 0.15) is 34.5 Å². The average Bonchev–Trinajstić information content (AvgIpc) is 2.93. The Balaban J connectivity index is 1.82. The van der Waals surface area contributed by atoms with E-state index in [2.05, 4.69) is 0 Å². The Labute approximate surface area is 240 Å². The van der Waals surface area contributed by atoms with Crippen molar-refractivity contribution in [3.63, 3.8) is 0 Å². The van der Waals surface area contributed by atoms with E-state index in [1.807, 2.05) is 0 Å². The lowest BCUT2D eigenvalue weighted by atomic mass is 9.51. The Hall–Kier alpha value is -5.12. The van der Waals surface area contributed by atoms with Crippen LogP contribution in [0.25, 0.3) is 0 Å². The Morgan fingerprint density at radius 1 is 0.595 bits per heavy atom. The van der Waals surface area contributed by atoms with E-state index < -0.39 is 46.9 Å². The van der Waals surface area contributed by atoms with Crippen molar-refractivity contribution in [2.75, 3.05) is 14.2 Å². The molecule has 5 rings (SSSR count). The average molecular weight is 573 g/mol. The first kappa shape index (κ1) is 28.4. The van der Waals surface area contributed by atoms with Crippen LogP contribution in [-0.4, -0.2) is 26.2 Å². The van der Waals surface area contributed by atoms with E-state index in [4.69, 9.17) is 27.8 Å². The molecule has 0 atom stereocenters. The SMILES string of the molecule is COc1cc(C2C(c3ccccc3OC(C)=O)C(c3cc(OC)cc(=O)o3)C2c2ccccc2OC(C)=O)oc(=O)c1. The van der Waals surface area contributed by atoms with Gasteiger partial charge in [-0.1, -0.05) is 36.4 Å². The second-order valence-corrected chi connectivity index (χ2v) is 9.80. The van der Waals surface area contributed by atoms with E-state index in [-0.39, 0.29) is 23.0 Å². The lowest BCUT2D eigenvalue weighted by molar-refractivity contribution is -0.132. The van der Waals surface area contributed by atoms with Crippen molar-refractivity contribution in [1.82, 2.24) is 0 Å². The van der Waals surface area contributed by atoms with Gasteiger partial charge in [-0.05, 0) is 23.3 Å². The fourth-order valence-electron chi connectivity index (χ4n) is 5.75. The zero-order valence-corrected chi connectivity index (χ0v) is 23.3. The minimum atomic E-state index is -0.625. The lowest BCUT2D eigenvalue weighted by Crippen LogP contribution is -2.41. The fraction of sp³-hybridized carbons (Fsp3) is 0.250. The summed E-state index contributed by atoms with van der Waals surface area (Å²) in [6.07, 6.45) is 0. The topological polar surface area (TPSA) is 131 Å². The van der Waals surface area contributed by atoms with Crippen LogP contribution in [0.2, 0.25) is 0 Å². The number of rotatable bonds is 8. The molecule has 216 valence electrons. The van der Waals surface area contributed by atoms with Gasteiger partial charge in [-0.3, -0.25) is 9.59 Å². The van der Waals surface area contributed by atoms with Crippen molar-refractivity contribution in [2.24, 2.45) is 0 Å². The molecule has 10 nitrogen and oxygen atoms in total.